The Kier molecular flexibility index (Phi) is 10.0. The minimum atomic E-state index is -2.43. The Labute approximate surface area is 149 Å². The van der Waals surface area contributed by atoms with Gasteiger partial charge in [-0.05, 0) is 17.5 Å². The molecule has 0 spiro atoms. The summed E-state index contributed by atoms with van der Waals surface area (Å²) in [5.74, 6) is 0.847. The van der Waals surface area contributed by atoms with Crippen molar-refractivity contribution >= 4 is 24.8 Å². The Morgan fingerprint density at radius 1 is 1.13 bits per heavy atom. The lowest BCUT2D eigenvalue weighted by atomic mass is 9.96. The second-order valence-corrected chi connectivity index (χ2v) is 5.72. The van der Waals surface area contributed by atoms with E-state index in [0.717, 1.165) is 18.7 Å². The quantitative estimate of drug-likeness (QED) is 0.851. The molecule has 1 aromatic carbocycles. The largest absolute Gasteiger partial charge is 0.496 e. The van der Waals surface area contributed by atoms with E-state index in [2.05, 4.69) is 19.2 Å². The highest BCUT2D eigenvalue weighted by Gasteiger charge is 2.32. The van der Waals surface area contributed by atoms with E-state index in [4.69, 9.17) is 4.74 Å². The Morgan fingerprint density at radius 2 is 1.74 bits per heavy atom. The summed E-state index contributed by atoms with van der Waals surface area (Å²) >= 11 is 0. The molecule has 1 heterocycles. The molecule has 0 saturated carbocycles. The number of methoxy groups -OCH3 is 1. The van der Waals surface area contributed by atoms with Crippen LogP contribution in [0, 0.1) is 0 Å². The summed E-state index contributed by atoms with van der Waals surface area (Å²) in [5.41, 5.74) is 1.66. The van der Waals surface area contributed by atoms with Gasteiger partial charge in [-0.15, -0.1) is 24.8 Å². The topological polar surface area (TPSA) is 24.5 Å². The number of ether oxygens (including phenoxy) is 1. The first kappa shape index (κ1) is 22.4. The lowest BCUT2D eigenvalue weighted by molar-refractivity contribution is 0.0170. The SMILES string of the molecule is COc1ccc(C(C)C)cc1[C@@H](C(F)F)N1CCNCC1.Cl.Cl. The average molecular weight is 371 g/mol. The summed E-state index contributed by atoms with van der Waals surface area (Å²) in [6, 6.07) is 4.73. The molecule has 0 bridgehead atoms. The minimum absolute atomic E-state index is 0. The molecule has 1 aliphatic heterocycles. The van der Waals surface area contributed by atoms with Crippen molar-refractivity contribution in [2.45, 2.75) is 32.2 Å². The molecule has 1 atom stereocenters. The number of nitrogens with zero attached hydrogens (tertiary/aromatic N) is 1. The molecular weight excluding hydrogens is 345 g/mol. The second-order valence-electron chi connectivity index (χ2n) is 5.72. The van der Waals surface area contributed by atoms with E-state index in [1.165, 1.54) is 7.11 Å². The van der Waals surface area contributed by atoms with E-state index in [-0.39, 0.29) is 24.8 Å². The van der Waals surface area contributed by atoms with Crippen molar-refractivity contribution in [3.63, 3.8) is 0 Å². The number of benzene rings is 1. The maximum Gasteiger partial charge on any atom is 0.258 e. The zero-order valence-corrected chi connectivity index (χ0v) is 15.4. The fourth-order valence-corrected chi connectivity index (χ4v) is 2.80. The zero-order chi connectivity index (χ0) is 15.4. The number of hydrogen-bond acceptors (Lipinski definition) is 3. The van der Waals surface area contributed by atoms with Crippen molar-refractivity contribution in [3.8, 4) is 5.75 Å². The zero-order valence-electron chi connectivity index (χ0n) is 13.7. The third-order valence-electron chi connectivity index (χ3n) is 4.02. The average Bonchev–Trinajstić information content (AvgIpc) is 2.48. The smallest absolute Gasteiger partial charge is 0.258 e. The molecule has 1 saturated heterocycles. The van der Waals surface area contributed by atoms with Gasteiger partial charge in [0.1, 0.15) is 11.8 Å². The molecule has 23 heavy (non-hydrogen) atoms. The molecule has 2 rings (SSSR count). The summed E-state index contributed by atoms with van der Waals surface area (Å²) in [6.07, 6.45) is -2.43. The van der Waals surface area contributed by atoms with Crippen LogP contribution in [0.2, 0.25) is 0 Å². The van der Waals surface area contributed by atoms with Gasteiger partial charge in [0.2, 0.25) is 0 Å². The number of rotatable bonds is 5. The number of nitrogens with one attached hydrogen (secondary N) is 1. The number of piperazine rings is 1. The first-order valence-corrected chi connectivity index (χ1v) is 7.45. The van der Waals surface area contributed by atoms with Gasteiger partial charge in [-0.25, -0.2) is 8.78 Å². The van der Waals surface area contributed by atoms with Crippen LogP contribution in [-0.4, -0.2) is 44.6 Å². The summed E-state index contributed by atoms with van der Waals surface area (Å²) in [5, 5.41) is 3.20. The van der Waals surface area contributed by atoms with Gasteiger partial charge in [0.25, 0.3) is 6.43 Å². The van der Waals surface area contributed by atoms with Crippen LogP contribution in [0.4, 0.5) is 8.78 Å². The summed E-state index contributed by atoms with van der Waals surface area (Å²) in [7, 11) is 1.54. The van der Waals surface area contributed by atoms with E-state index >= 15 is 0 Å². The molecule has 0 aliphatic carbocycles. The highest BCUT2D eigenvalue weighted by Crippen LogP contribution is 2.36. The Balaban J connectivity index is 0.00000242. The molecular formula is C16H26Cl2F2N2O. The van der Waals surface area contributed by atoms with Crippen LogP contribution in [0.1, 0.15) is 36.9 Å². The Bertz CT molecular complexity index is 469. The molecule has 0 radical (unpaired) electrons. The van der Waals surface area contributed by atoms with Gasteiger partial charge in [-0.1, -0.05) is 26.0 Å². The van der Waals surface area contributed by atoms with Crippen molar-refractivity contribution in [2.75, 3.05) is 33.3 Å². The van der Waals surface area contributed by atoms with E-state index < -0.39 is 12.5 Å². The van der Waals surface area contributed by atoms with Crippen LogP contribution in [0.25, 0.3) is 0 Å². The maximum atomic E-state index is 13.7. The fraction of sp³-hybridized carbons (Fsp3) is 0.625. The van der Waals surface area contributed by atoms with Crippen LogP contribution in [0.5, 0.6) is 5.75 Å². The highest BCUT2D eigenvalue weighted by atomic mass is 35.5. The lowest BCUT2D eigenvalue weighted by Crippen LogP contribution is -2.47. The maximum absolute atomic E-state index is 13.7. The van der Waals surface area contributed by atoms with E-state index in [1.807, 2.05) is 23.1 Å². The summed E-state index contributed by atoms with van der Waals surface area (Å²) < 4.78 is 32.7. The van der Waals surface area contributed by atoms with Crippen LogP contribution in [-0.2, 0) is 0 Å². The van der Waals surface area contributed by atoms with Gasteiger partial charge in [0.15, 0.2) is 0 Å². The van der Waals surface area contributed by atoms with Crippen LogP contribution >= 0.6 is 24.8 Å². The van der Waals surface area contributed by atoms with Gasteiger partial charge in [-0.3, -0.25) is 4.90 Å². The molecule has 1 aromatic rings. The van der Waals surface area contributed by atoms with Gasteiger partial charge in [0.05, 0.1) is 7.11 Å². The van der Waals surface area contributed by atoms with Crippen LogP contribution < -0.4 is 10.1 Å². The van der Waals surface area contributed by atoms with Crippen molar-refractivity contribution in [1.82, 2.24) is 10.2 Å². The predicted molar refractivity (Wildman–Crippen MR) is 94.8 cm³/mol. The molecule has 134 valence electrons. The molecule has 0 amide bonds. The number of halogens is 4. The normalized spacial score (nSPS) is 16.7. The summed E-state index contributed by atoms with van der Waals surface area (Å²) in [6.45, 7) is 6.88. The van der Waals surface area contributed by atoms with Crippen LogP contribution in [0.15, 0.2) is 18.2 Å². The van der Waals surface area contributed by atoms with Crippen molar-refractivity contribution in [3.05, 3.63) is 29.3 Å². The van der Waals surface area contributed by atoms with E-state index in [0.29, 0.717) is 30.3 Å². The third kappa shape index (κ3) is 5.45. The van der Waals surface area contributed by atoms with Crippen molar-refractivity contribution in [1.29, 1.82) is 0 Å². The Hall–Kier alpha value is -0.620. The first-order valence-electron chi connectivity index (χ1n) is 7.45. The molecule has 1 fully saturated rings. The highest BCUT2D eigenvalue weighted by molar-refractivity contribution is 5.85. The Morgan fingerprint density at radius 3 is 2.22 bits per heavy atom. The monoisotopic (exact) mass is 370 g/mol. The van der Waals surface area contributed by atoms with Gasteiger partial charge < -0.3 is 10.1 Å². The molecule has 0 aromatic heterocycles. The van der Waals surface area contributed by atoms with Crippen LogP contribution in [0.3, 0.4) is 0 Å². The fourth-order valence-electron chi connectivity index (χ4n) is 2.80. The standard InChI is InChI=1S/C16H24F2N2O.2ClH/c1-11(2)12-4-5-14(21-3)13(10-12)15(16(17)18)20-8-6-19-7-9-20;;/h4-5,10-11,15-16,19H,6-9H2,1-3H3;2*1H/t15-;;/m0../s1. The van der Waals surface area contributed by atoms with E-state index in [1.54, 1.807) is 0 Å². The predicted octanol–water partition coefficient (Wildman–Crippen LogP) is 3.87. The van der Waals surface area contributed by atoms with Crippen molar-refractivity contribution in [2.24, 2.45) is 0 Å². The van der Waals surface area contributed by atoms with Gasteiger partial charge in [0, 0.05) is 31.7 Å². The summed E-state index contributed by atoms with van der Waals surface area (Å²) in [4.78, 5) is 1.85. The molecule has 1 aliphatic rings. The third-order valence-corrected chi connectivity index (χ3v) is 4.02. The molecule has 1 N–H and O–H groups in total. The minimum Gasteiger partial charge on any atom is -0.496 e. The van der Waals surface area contributed by atoms with Gasteiger partial charge in [-0.2, -0.15) is 0 Å². The molecule has 3 nitrogen and oxygen atoms in total. The number of alkyl halides is 2. The van der Waals surface area contributed by atoms with Gasteiger partial charge >= 0.3 is 0 Å². The molecule has 7 heteroatoms. The van der Waals surface area contributed by atoms with Crippen molar-refractivity contribution < 1.29 is 13.5 Å². The first-order chi connectivity index (χ1) is 10.0. The van der Waals surface area contributed by atoms with E-state index in [9.17, 15) is 8.78 Å². The second kappa shape index (κ2) is 10.3. The lowest BCUT2D eigenvalue weighted by Gasteiger charge is -2.35. The molecule has 0 unspecified atom stereocenters. The number of hydrogen-bond donors (Lipinski definition) is 1.